The molecule has 0 atom stereocenters. The summed E-state index contributed by atoms with van der Waals surface area (Å²) in [6.45, 7) is 0. The molecule has 0 bridgehead atoms. The lowest BCUT2D eigenvalue weighted by molar-refractivity contribution is 0.457. The van der Waals surface area contributed by atoms with Crippen LogP contribution in [0.2, 0.25) is 5.15 Å². The molecule has 1 aromatic carbocycles. The first-order valence-corrected chi connectivity index (χ1v) is 6.35. The molecule has 1 aliphatic rings. The Labute approximate surface area is 115 Å². The third-order valence-corrected chi connectivity index (χ3v) is 3.05. The van der Waals surface area contributed by atoms with E-state index in [1.807, 2.05) is 0 Å². The van der Waals surface area contributed by atoms with Crippen molar-refractivity contribution < 1.29 is 4.74 Å². The zero-order valence-corrected chi connectivity index (χ0v) is 10.8. The predicted molar refractivity (Wildman–Crippen MR) is 70.2 cm³/mol. The highest BCUT2D eigenvalue weighted by Gasteiger charge is 2.27. The second-order valence-corrected chi connectivity index (χ2v) is 4.76. The van der Waals surface area contributed by atoms with Crippen molar-refractivity contribution in [2.24, 2.45) is 0 Å². The van der Waals surface area contributed by atoms with Gasteiger partial charge >= 0.3 is 0 Å². The first-order valence-electron chi connectivity index (χ1n) is 5.98. The van der Waals surface area contributed by atoms with Crippen molar-refractivity contribution in [3.63, 3.8) is 0 Å². The average molecular weight is 272 g/mol. The molecule has 0 aliphatic heterocycles. The number of para-hydroxylation sites is 1. The van der Waals surface area contributed by atoms with Gasteiger partial charge in [0.05, 0.1) is 5.56 Å². The lowest BCUT2D eigenvalue weighted by atomic mass is 10.2. The van der Waals surface area contributed by atoms with E-state index in [9.17, 15) is 0 Å². The Morgan fingerprint density at radius 3 is 2.79 bits per heavy atom. The van der Waals surface area contributed by atoms with Gasteiger partial charge in [0.15, 0.2) is 0 Å². The molecule has 5 heteroatoms. The molecule has 19 heavy (non-hydrogen) atoms. The fourth-order valence-electron chi connectivity index (χ4n) is 1.75. The van der Waals surface area contributed by atoms with Gasteiger partial charge in [0.2, 0.25) is 5.88 Å². The molecule has 1 fully saturated rings. The normalized spacial score (nSPS) is 13.9. The molecule has 0 unspecified atom stereocenters. The first-order chi connectivity index (χ1) is 9.26. The number of benzene rings is 1. The highest BCUT2D eigenvalue weighted by Crippen LogP contribution is 2.39. The summed E-state index contributed by atoms with van der Waals surface area (Å²) in [5, 5.41) is 9.38. The Balaban J connectivity index is 1.92. The topological polar surface area (TPSA) is 58.8 Å². The van der Waals surface area contributed by atoms with Gasteiger partial charge < -0.3 is 4.74 Å². The van der Waals surface area contributed by atoms with Crippen LogP contribution in [0.25, 0.3) is 0 Å². The number of ether oxygens (including phenoxy) is 1. The maximum atomic E-state index is 9.02. The van der Waals surface area contributed by atoms with Crippen LogP contribution in [0.4, 0.5) is 0 Å². The van der Waals surface area contributed by atoms with Gasteiger partial charge in [0.1, 0.15) is 22.8 Å². The van der Waals surface area contributed by atoms with Gasteiger partial charge in [-0.1, -0.05) is 23.7 Å². The molecule has 1 aliphatic carbocycles. The van der Waals surface area contributed by atoms with E-state index in [-0.39, 0.29) is 0 Å². The van der Waals surface area contributed by atoms with Crippen LogP contribution >= 0.6 is 11.6 Å². The van der Waals surface area contributed by atoms with Crippen LogP contribution in [0.1, 0.15) is 30.1 Å². The van der Waals surface area contributed by atoms with Gasteiger partial charge in [-0.3, -0.25) is 0 Å². The lowest BCUT2D eigenvalue weighted by Crippen LogP contribution is -1.97. The van der Waals surface area contributed by atoms with Crippen molar-refractivity contribution in [2.45, 2.75) is 18.8 Å². The van der Waals surface area contributed by atoms with Gasteiger partial charge in [-0.25, -0.2) is 4.98 Å². The number of nitriles is 1. The molecule has 0 amide bonds. The van der Waals surface area contributed by atoms with Crippen molar-refractivity contribution in [3.8, 4) is 17.7 Å². The van der Waals surface area contributed by atoms with E-state index in [0.29, 0.717) is 28.3 Å². The van der Waals surface area contributed by atoms with Crippen LogP contribution in [0.3, 0.4) is 0 Å². The van der Waals surface area contributed by atoms with E-state index in [1.165, 1.54) is 0 Å². The van der Waals surface area contributed by atoms with Crippen molar-refractivity contribution >= 4 is 11.6 Å². The van der Waals surface area contributed by atoms with Gasteiger partial charge in [-0.15, -0.1) is 0 Å². The SMILES string of the molecule is N#Cc1ccccc1Oc1cc(Cl)nc(C2CC2)n1. The summed E-state index contributed by atoms with van der Waals surface area (Å²) in [6.07, 6.45) is 2.18. The highest BCUT2D eigenvalue weighted by molar-refractivity contribution is 6.29. The van der Waals surface area contributed by atoms with Crippen LogP contribution < -0.4 is 4.74 Å². The van der Waals surface area contributed by atoms with E-state index in [2.05, 4.69) is 16.0 Å². The number of hydrogen-bond donors (Lipinski definition) is 0. The zero-order valence-electron chi connectivity index (χ0n) is 10.0. The van der Waals surface area contributed by atoms with E-state index >= 15 is 0 Å². The Bertz CT molecular complexity index is 662. The smallest absolute Gasteiger partial charge is 0.224 e. The van der Waals surface area contributed by atoms with Gasteiger partial charge in [-0.2, -0.15) is 10.2 Å². The second kappa shape index (κ2) is 4.87. The predicted octanol–water partition coefficient (Wildman–Crippen LogP) is 3.67. The van der Waals surface area contributed by atoms with Crippen LogP contribution in [-0.4, -0.2) is 9.97 Å². The molecule has 0 saturated heterocycles. The molecule has 0 N–H and O–H groups in total. The van der Waals surface area contributed by atoms with E-state index < -0.39 is 0 Å². The molecule has 0 radical (unpaired) electrons. The molecule has 2 aromatic rings. The first kappa shape index (κ1) is 11.9. The third-order valence-electron chi connectivity index (χ3n) is 2.85. The lowest BCUT2D eigenvalue weighted by Gasteiger charge is -2.07. The van der Waals surface area contributed by atoms with Crippen LogP contribution in [0, 0.1) is 11.3 Å². The second-order valence-electron chi connectivity index (χ2n) is 4.37. The largest absolute Gasteiger partial charge is 0.437 e. The fourth-order valence-corrected chi connectivity index (χ4v) is 1.93. The van der Waals surface area contributed by atoms with Crippen LogP contribution in [0.5, 0.6) is 11.6 Å². The van der Waals surface area contributed by atoms with Crippen molar-refractivity contribution in [1.29, 1.82) is 5.26 Å². The summed E-state index contributed by atoms with van der Waals surface area (Å²) in [5.41, 5.74) is 0.463. The number of rotatable bonds is 3. The molecule has 1 heterocycles. The third kappa shape index (κ3) is 2.67. The van der Waals surface area contributed by atoms with E-state index in [0.717, 1.165) is 18.7 Å². The Morgan fingerprint density at radius 1 is 1.26 bits per heavy atom. The summed E-state index contributed by atoms with van der Waals surface area (Å²) < 4.78 is 5.64. The molecule has 1 aromatic heterocycles. The average Bonchev–Trinajstić information content (AvgIpc) is 3.23. The minimum Gasteiger partial charge on any atom is -0.437 e. The maximum Gasteiger partial charge on any atom is 0.224 e. The van der Waals surface area contributed by atoms with Crippen LogP contribution in [-0.2, 0) is 0 Å². The Morgan fingerprint density at radius 2 is 2.05 bits per heavy atom. The Kier molecular flexibility index (Phi) is 3.06. The standard InChI is InChI=1S/C14H10ClN3O/c15-12-7-13(18-14(17-12)9-5-6-9)19-11-4-2-1-3-10(11)8-16/h1-4,7,9H,5-6H2. The molecule has 1 saturated carbocycles. The molecule has 0 spiro atoms. The van der Waals surface area contributed by atoms with E-state index in [1.54, 1.807) is 30.3 Å². The number of hydrogen-bond acceptors (Lipinski definition) is 4. The minimum absolute atomic E-state index is 0.362. The van der Waals surface area contributed by atoms with Gasteiger partial charge in [0.25, 0.3) is 0 Å². The summed E-state index contributed by atoms with van der Waals surface area (Å²) in [6, 6.07) is 10.6. The molecular weight excluding hydrogens is 262 g/mol. The summed E-state index contributed by atoms with van der Waals surface area (Å²) in [5.74, 6) is 1.97. The quantitative estimate of drug-likeness (QED) is 0.799. The number of aromatic nitrogens is 2. The number of halogens is 1. The van der Waals surface area contributed by atoms with Gasteiger partial charge in [-0.05, 0) is 25.0 Å². The van der Waals surface area contributed by atoms with Crippen molar-refractivity contribution in [1.82, 2.24) is 9.97 Å². The molecule has 3 rings (SSSR count). The monoisotopic (exact) mass is 271 g/mol. The highest BCUT2D eigenvalue weighted by atomic mass is 35.5. The minimum atomic E-state index is 0.362. The van der Waals surface area contributed by atoms with Gasteiger partial charge in [0, 0.05) is 12.0 Å². The molecular formula is C14H10ClN3O. The maximum absolute atomic E-state index is 9.02. The Hall–Kier alpha value is -2.12. The van der Waals surface area contributed by atoms with Crippen molar-refractivity contribution in [3.05, 3.63) is 46.9 Å². The molecule has 94 valence electrons. The fraction of sp³-hybridized carbons (Fsp3) is 0.214. The van der Waals surface area contributed by atoms with E-state index in [4.69, 9.17) is 21.6 Å². The van der Waals surface area contributed by atoms with Crippen molar-refractivity contribution in [2.75, 3.05) is 0 Å². The zero-order chi connectivity index (χ0) is 13.2. The summed E-state index contributed by atoms with van der Waals surface area (Å²) in [4.78, 5) is 8.53. The number of nitrogens with zero attached hydrogens (tertiary/aromatic N) is 3. The molecule has 4 nitrogen and oxygen atoms in total. The van der Waals surface area contributed by atoms with Crippen LogP contribution in [0.15, 0.2) is 30.3 Å². The summed E-state index contributed by atoms with van der Waals surface area (Å²) >= 11 is 5.97. The summed E-state index contributed by atoms with van der Waals surface area (Å²) in [7, 11) is 0.